The van der Waals surface area contributed by atoms with Gasteiger partial charge in [-0.05, 0) is 73.9 Å². The van der Waals surface area contributed by atoms with Crippen LogP contribution in [0.5, 0.6) is 0 Å². The molecule has 0 fully saturated rings. The Morgan fingerprint density at radius 2 is 1.94 bits per heavy atom. The first kappa shape index (κ1) is 14.4. The summed E-state index contributed by atoms with van der Waals surface area (Å²) in [4.78, 5) is 4.10. The summed E-state index contributed by atoms with van der Waals surface area (Å²) in [5.41, 5.74) is 1.94. The molecule has 1 N–H and O–H groups in total. The van der Waals surface area contributed by atoms with Crippen LogP contribution in [0.3, 0.4) is 0 Å². The SMILES string of the molecule is OC(Cc1cncc(Br)c1)c1cc(Br)ccc1I. The molecule has 1 atom stereocenters. The van der Waals surface area contributed by atoms with Crippen molar-refractivity contribution >= 4 is 54.5 Å². The first-order chi connectivity index (χ1) is 8.56. The van der Waals surface area contributed by atoms with Gasteiger partial charge in [0.1, 0.15) is 0 Å². The van der Waals surface area contributed by atoms with E-state index in [1.807, 2.05) is 24.3 Å². The second-order valence-corrected chi connectivity index (χ2v) is 6.89. The van der Waals surface area contributed by atoms with E-state index in [0.29, 0.717) is 6.42 Å². The predicted octanol–water partition coefficient (Wildman–Crippen LogP) is 4.49. The molecule has 1 aromatic heterocycles. The largest absolute Gasteiger partial charge is 0.388 e. The normalized spacial score (nSPS) is 12.4. The summed E-state index contributed by atoms with van der Waals surface area (Å²) < 4.78 is 2.96. The maximum atomic E-state index is 10.3. The van der Waals surface area contributed by atoms with Gasteiger partial charge in [-0.25, -0.2) is 0 Å². The highest BCUT2D eigenvalue weighted by molar-refractivity contribution is 14.1. The van der Waals surface area contributed by atoms with Gasteiger partial charge in [-0.2, -0.15) is 0 Å². The van der Waals surface area contributed by atoms with Gasteiger partial charge in [0.05, 0.1) is 6.10 Å². The lowest BCUT2D eigenvalue weighted by atomic mass is 10.0. The third kappa shape index (κ3) is 3.76. The Labute approximate surface area is 136 Å². The van der Waals surface area contributed by atoms with Gasteiger partial charge >= 0.3 is 0 Å². The fourth-order valence-electron chi connectivity index (χ4n) is 1.67. The molecule has 0 aliphatic heterocycles. The van der Waals surface area contributed by atoms with Gasteiger partial charge in [0.25, 0.3) is 0 Å². The van der Waals surface area contributed by atoms with Crippen molar-refractivity contribution in [2.45, 2.75) is 12.5 Å². The molecule has 0 radical (unpaired) electrons. The Morgan fingerprint density at radius 3 is 2.67 bits per heavy atom. The van der Waals surface area contributed by atoms with E-state index in [1.165, 1.54) is 0 Å². The molecule has 0 aliphatic rings. The molecule has 94 valence electrons. The second-order valence-electron chi connectivity index (χ2n) is 3.90. The van der Waals surface area contributed by atoms with Crippen molar-refractivity contribution in [3.05, 3.63) is 60.3 Å². The Kier molecular flexibility index (Phi) is 5.17. The summed E-state index contributed by atoms with van der Waals surface area (Å²) in [6, 6.07) is 7.89. The summed E-state index contributed by atoms with van der Waals surface area (Å²) in [6.45, 7) is 0. The Hall–Kier alpha value is 0.0200. The number of aromatic nitrogens is 1. The Bertz CT molecular complexity index is 562. The average Bonchev–Trinajstić information content (AvgIpc) is 2.32. The lowest BCUT2D eigenvalue weighted by Gasteiger charge is -2.13. The molecule has 2 aromatic rings. The van der Waals surface area contributed by atoms with Gasteiger partial charge in [-0.3, -0.25) is 4.98 Å². The summed E-state index contributed by atoms with van der Waals surface area (Å²) in [7, 11) is 0. The third-order valence-corrected chi connectivity index (χ3v) is 4.42. The fourth-order valence-corrected chi connectivity index (χ4v) is 3.16. The Morgan fingerprint density at radius 1 is 1.17 bits per heavy atom. The van der Waals surface area contributed by atoms with Crippen molar-refractivity contribution in [3.8, 4) is 0 Å². The van der Waals surface area contributed by atoms with Crippen molar-refractivity contribution < 1.29 is 5.11 Å². The van der Waals surface area contributed by atoms with Gasteiger partial charge in [0.15, 0.2) is 0 Å². The zero-order valence-corrected chi connectivity index (χ0v) is 14.6. The molecule has 0 bridgehead atoms. The van der Waals surface area contributed by atoms with Crippen LogP contribution in [0, 0.1) is 3.57 Å². The molecule has 5 heteroatoms. The molecular formula is C13H10Br2INO. The summed E-state index contributed by atoms with van der Waals surface area (Å²) >= 11 is 9.04. The van der Waals surface area contributed by atoms with E-state index in [-0.39, 0.29) is 0 Å². The highest BCUT2D eigenvalue weighted by Crippen LogP contribution is 2.26. The number of aliphatic hydroxyl groups is 1. The van der Waals surface area contributed by atoms with Crippen LogP contribution in [0.25, 0.3) is 0 Å². The summed E-state index contributed by atoms with van der Waals surface area (Å²) in [6.07, 6.45) is 3.54. The highest BCUT2D eigenvalue weighted by Gasteiger charge is 2.13. The van der Waals surface area contributed by atoms with Crippen molar-refractivity contribution in [2.75, 3.05) is 0 Å². The minimum Gasteiger partial charge on any atom is -0.388 e. The van der Waals surface area contributed by atoms with Gasteiger partial charge in [-0.1, -0.05) is 15.9 Å². The number of halogens is 3. The lowest BCUT2D eigenvalue weighted by Crippen LogP contribution is -2.04. The van der Waals surface area contributed by atoms with E-state index in [0.717, 1.165) is 23.6 Å². The van der Waals surface area contributed by atoms with Crippen LogP contribution >= 0.6 is 54.5 Å². The smallest absolute Gasteiger partial charge is 0.0841 e. The molecule has 0 spiro atoms. The summed E-state index contributed by atoms with van der Waals surface area (Å²) in [5, 5.41) is 10.3. The minimum absolute atomic E-state index is 0.523. The molecule has 1 heterocycles. The summed E-state index contributed by atoms with van der Waals surface area (Å²) in [5.74, 6) is 0. The van der Waals surface area contributed by atoms with Gasteiger partial charge in [0, 0.05) is 31.3 Å². The van der Waals surface area contributed by atoms with E-state index in [1.54, 1.807) is 12.4 Å². The van der Waals surface area contributed by atoms with Gasteiger partial charge in [-0.15, -0.1) is 0 Å². The van der Waals surface area contributed by atoms with Crippen LogP contribution in [0.15, 0.2) is 45.6 Å². The number of nitrogens with zero attached hydrogens (tertiary/aromatic N) is 1. The first-order valence-electron chi connectivity index (χ1n) is 5.28. The molecule has 0 saturated heterocycles. The van der Waals surface area contributed by atoms with Crippen LogP contribution in [0.2, 0.25) is 0 Å². The standard InChI is InChI=1S/C13H10Br2INO/c14-9-1-2-12(16)11(5-9)13(18)4-8-3-10(15)7-17-6-8/h1-3,5-7,13,18H,4H2. The van der Waals surface area contributed by atoms with Crippen LogP contribution in [-0.4, -0.2) is 10.1 Å². The van der Waals surface area contributed by atoms with Crippen LogP contribution < -0.4 is 0 Å². The molecule has 0 amide bonds. The molecule has 2 rings (SSSR count). The van der Waals surface area contributed by atoms with Crippen molar-refractivity contribution in [1.29, 1.82) is 0 Å². The van der Waals surface area contributed by atoms with E-state index >= 15 is 0 Å². The second kappa shape index (κ2) is 6.45. The monoisotopic (exact) mass is 481 g/mol. The number of pyridine rings is 1. The highest BCUT2D eigenvalue weighted by atomic mass is 127. The Balaban J connectivity index is 2.21. The molecule has 1 aromatic carbocycles. The number of aliphatic hydroxyl groups excluding tert-OH is 1. The average molecular weight is 483 g/mol. The first-order valence-corrected chi connectivity index (χ1v) is 7.95. The van der Waals surface area contributed by atoms with Crippen molar-refractivity contribution in [1.82, 2.24) is 4.98 Å². The maximum absolute atomic E-state index is 10.3. The van der Waals surface area contributed by atoms with Crippen LogP contribution in [-0.2, 0) is 6.42 Å². The van der Waals surface area contributed by atoms with Gasteiger partial charge in [0.2, 0.25) is 0 Å². The van der Waals surface area contributed by atoms with Crippen molar-refractivity contribution in [2.24, 2.45) is 0 Å². The fraction of sp³-hybridized carbons (Fsp3) is 0.154. The topological polar surface area (TPSA) is 33.1 Å². The number of hydrogen-bond donors (Lipinski definition) is 1. The number of hydrogen-bond acceptors (Lipinski definition) is 2. The van der Waals surface area contributed by atoms with Crippen LogP contribution in [0.1, 0.15) is 17.2 Å². The molecule has 0 saturated carbocycles. The molecule has 1 unspecified atom stereocenters. The predicted molar refractivity (Wildman–Crippen MR) is 87.5 cm³/mol. The van der Waals surface area contributed by atoms with Crippen molar-refractivity contribution in [3.63, 3.8) is 0 Å². The number of rotatable bonds is 3. The zero-order valence-electron chi connectivity index (χ0n) is 9.28. The molecule has 0 aliphatic carbocycles. The van der Waals surface area contributed by atoms with E-state index in [4.69, 9.17) is 0 Å². The van der Waals surface area contributed by atoms with Crippen LogP contribution in [0.4, 0.5) is 0 Å². The zero-order chi connectivity index (χ0) is 13.1. The third-order valence-electron chi connectivity index (χ3n) is 2.51. The molecular weight excluding hydrogens is 473 g/mol. The number of benzene rings is 1. The van der Waals surface area contributed by atoms with Gasteiger partial charge < -0.3 is 5.11 Å². The molecule has 18 heavy (non-hydrogen) atoms. The lowest BCUT2D eigenvalue weighted by molar-refractivity contribution is 0.177. The quantitative estimate of drug-likeness (QED) is 0.654. The minimum atomic E-state index is -0.523. The van der Waals surface area contributed by atoms with E-state index < -0.39 is 6.10 Å². The maximum Gasteiger partial charge on any atom is 0.0841 e. The van der Waals surface area contributed by atoms with E-state index in [2.05, 4.69) is 59.4 Å². The van der Waals surface area contributed by atoms with E-state index in [9.17, 15) is 5.11 Å². The molecule has 2 nitrogen and oxygen atoms in total.